The first-order valence-electron chi connectivity index (χ1n) is 7.49. The highest BCUT2D eigenvalue weighted by Crippen LogP contribution is 2.49. The zero-order valence-electron chi connectivity index (χ0n) is 12.3. The maximum absolute atomic E-state index is 14.0. The van der Waals surface area contributed by atoms with Gasteiger partial charge in [0.05, 0.1) is 11.0 Å². The highest BCUT2D eigenvalue weighted by Gasteiger charge is 2.56. The summed E-state index contributed by atoms with van der Waals surface area (Å²) >= 11 is 0. The van der Waals surface area contributed by atoms with Gasteiger partial charge in [-0.15, -0.1) is 0 Å². The number of carbonyl (C=O) groups excluding carboxylic acids is 1. The standard InChI is InChI=1S/C16H16F3NO3/c17-11-8-9(13(18)19)3-4-10(11)14(21)20-7-6-16(15(22)23)5-1-2-12(16)20/h3-4,8,12-13H,1-2,5-7H2,(H,22,23)/t12-,16+/m1/s1. The maximum atomic E-state index is 14.0. The Balaban J connectivity index is 1.89. The number of likely N-dealkylation sites (tertiary alicyclic amines) is 1. The number of halogens is 3. The van der Waals surface area contributed by atoms with Gasteiger partial charge in [-0.3, -0.25) is 9.59 Å². The predicted molar refractivity (Wildman–Crippen MR) is 74.7 cm³/mol. The molecular weight excluding hydrogens is 311 g/mol. The van der Waals surface area contributed by atoms with E-state index in [1.165, 1.54) is 4.90 Å². The van der Waals surface area contributed by atoms with Crippen molar-refractivity contribution < 1.29 is 27.9 Å². The fraction of sp³-hybridized carbons (Fsp3) is 0.500. The van der Waals surface area contributed by atoms with E-state index in [-0.39, 0.29) is 12.1 Å². The first kappa shape index (κ1) is 15.8. The minimum atomic E-state index is -2.81. The van der Waals surface area contributed by atoms with E-state index < -0.39 is 41.1 Å². The fourth-order valence-corrected chi connectivity index (χ4v) is 3.87. The molecule has 2 fully saturated rings. The average Bonchev–Trinajstić information content (AvgIpc) is 3.05. The predicted octanol–water partition coefficient (Wildman–Crippen LogP) is 3.23. The summed E-state index contributed by atoms with van der Waals surface area (Å²) in [6, 6.07) is 2.28. The number of fused-ring (bicyclic) bond motifs is 1. The van der Waals surface area contributed by atoms with E-state index in [1.54, 1.807) is 0 Å². The fourth-order valence-electron chi connectivity index (χ4n) is 3.87. The van der Waals surface area contributed by atoms with Crippen LogP contribution in [0.15, 0.2) is 18.2 Å². The van der Waals surface area contributed by atoms with Crippen LogP contribution in [-0.4, -0.2) is 34.5 Å². The maximum Gasteiger partial charge on any atom is 0.311 e. The van der Waals surface area contributed by atoms with Crippen molar-refractivity contribution >= 4 is 11.9 Å². The van der Waals surface area contributed by atoms with Crippen LogP contribution in [0.2, 0.25) is 0 Å². The number of aliphatic carboxylic acids is 1. The van der Waals surface area contributed by atoms with Crippen molar-refractivity contribution in [3.8, 4) is 0 Å². The van der Waals surface area contributed by atoms with Gasteiger partial charge in [0.2, 0.25) is 0 Å². The van der Waals surface area contributed by atoms with E-state index in [0.29, 0.717) is 31.7 Å². The molecule has 0 aromatic heterocycles. The Labute approximate surface area is 130 Å². The molecule has 1 aromatic carbocycles. The van der Waals surface area contributed by atoms with E-state index in [1.807, 2.05) is 0 Å². The normalized spacial score (nSPS) is 26.6. The number of alkyl halides is 2. The molecule has 0 radical (unpaired) electrons. The molecule has 1 aliphatic heterocycles. The summed E-state index contributed by atoms with van der Waals surface area (Å²) in [7, 11) is 0. The minimum absolute atomic E-state index is 0.242. The van der Waals surface area contributed by atoms with Crippen LogP contribution < -0.4 is 0 Å². The van der Waals surface area contributed by atoms with E-state index in [9.17, 15) is 27.9 Å². The molecule has 1 saturated heterocycles. The van der Waals surface area contributed by atoms with E-state index in [2.05, 4.69) is 0 Å². The molecule has 3 rings (SSSR count). The van der Waals surface area contributed by atoms with Crippen molar-refractivity contribution in [2.45, 2.75) is 38.2 Å². The molecule has 7 heteroatoms. The van der Waals surface area contributed by atoms with E-state index in [4.69, 9.17) is 0 Å². The molecule has 124 valence electrons. The molecule has 2 aliphatic rings. The number of carbonyl (C=O) groups is 2. The van der Waals surface area contributed by atoms with Crippen LogP contribution in [0.1, 0.15) is 48.0 Å². The minimum Gasteiger partial charge on any atom is -0.481 e. The van der Waals surface area contributed by atoms with Crippen LogP contribution in [0.5, 0.6) is 0 Å². The number of amides is 1. The Morgan fingerprint density at radius 2 is 2.04 bits per heavy atom. The number of benzene rings is 1. The highest BCUT2D eigenvalue weighted by molar-refractivity contribution is 5.96. The lowest BCUT2D eigenvalue weighted by molar-refractivity contribution is -0.149. The Bertz CT molecular complexity index is 664. The molecule has 1 aromatic rings. The Morgan fingerprint density at radius 1 is 1.30 bits per heavy atom. The third-order valence-electron chi connectivity index (χ3n) is 5.08. The van der Waals surface area contributed by atoms with Crippen molar-refractivity contribution in [1.82, 2.24) is 4.90 Å². The van der Waals surface area contributed by atoms with Gasteiger partial charge in [-0.25, -0.2) is 13.2 Å². The number of carboxylic acid groups (broad SMARTS) is 1. The molecule has 4 nitrogen and oxygen atoms in total. The smallest absolute Gasteiger partial charge is 0.311 e. The molecule has 1 aliphatic carbocycles. The van der Waals surface area contributed by atoms with Crippen molar-refractivity contribution in [2.75, 3.05) is 6.54 Å². The van der Waals surface area contributed by atoms with Gasteiger partial charge in [0.25, 0.3) is 12.3 Å². The van der Waals surface area contributed by atoms with Crippen molar-refractivity contribution in [1.29, 1.82) is 0 Å². The molecular formula is C16H16F3NO3. The summed E-state index contributed by atoms with van der Waals surface area (Å²) in [5, 5.41) is 9.50. The summed E-state index contributed by atoms with van der Waals surface area (Å²) in [4.78, 5) is 25.6. The quantitative estimate of drug-likeness (QED) is 0.927. The van der Waals surface area contributed by atoms with Crippen LogP contribution in [0.25, 0.3) is 0 Å². The lowest BCUT2D eigenvalue weighted by Gasteiger charge is -2.29. The number of nitrogens with zero attached hydrogens (tertiary/aromatic N) is 1. The monoisotopic (exact) mass is 327 g/mol. The zero-order valence-corrected chi connectivity index (χ0v) is 12.3. The van der Waals surface area contributed by atoms with E-state index >= 15 is 0 Å². The Kier molecular flexibility index (Phi) is 3.82. The van der Waals surface area contributed by atoms with Gasteiger partial charge < -0.3 is 10.0 Å². The van der Waals surface area contributed by atoms with Gasteiger partial charge in [0.15, 0.2) is 0 Å². The molecule has 1 N–H and O–H groups in total. The van der Waals surface area contributed by atoms with Crippen molar-refractivity contribution in [2.24, 2.45) is 5.41 Å². The van der Waals surface area contributed by atoms with Gasteiger partial charge in [0, 0.05) is 18.2 Å². The Hall–Kier alpha value is -2.05. The van der Waals surface area contributed by atoms with Crippen LogP contribution in [0.3, 0.4) is 0 Å². The molecule has 0 spiro atoms. The third kappa shape index (κ3) is 2.38. The second-order valence-electron chi connectivity index (χ2n) is 6.16. The Morgan fingerprint density at radius 3 is 2.65 bits per heavy atom. The first-order valence-corrected chi connectivity index (χ1v) is 7.49. The molecule has 1 amide bonds. The van der Waals surface area contributed by atoms with Crippen molar-refractivity contribution in [3.05, 3.63) is 35.1 Å². The summed E-state index contributed by atoms with van der Waals surface area (Å²) in [5.41, 5.74) is -1.72. The van der Waals surface area contributed by atoms with Gasteiger partial charge in [-0.05, 0) is 31.4 Å². The largest absolute Gasteiger partial charge is 0.481 e. The van der Waals surface area contributed by atoms with Gasteiger partial charge in [0.1, 0.15) is 5.82 Å². The van der Waals surface area contributed by atoms with Crippen LogP contribution in [0.4, 0.5) is 13.2 Å². The SMILES string of the molecule is O=C(c1ccc(C(F)F)cc1F)N1CC[C@@]2(C(=O)O)CCC[C@@H]12. The van der Waals surface area contributed by atoms with E-state index in [0.717, 1.165) is 12.1 Å². The lowest BCUT2D eigenvalue weighted by Crippen LogP contribution is -2.43. The van der Waals surface area contributed by atoms with Gasteiger partial charge >= 0.3 is 5.97 Å². The van der Waals surface area contributed by atoms with Crippen LogP contribution in [0, 0.1) is 11.2 Å². The summed E-state index contributed by atoms with van der Waals surface area (Å²) in [6.45, 7) is 0.242. The molecule has 1 heterocycles. The summed E-state index contributed by atoms with van der Waals surface area (Å²) in [6.07, 6.45) is -0.698. The second kappa shape index (κ2) is 5.54. The van der Waals surface area contributed by atoms with Gasteiger partial charge in [-0.2, -0.15) is 0 Å². The van der Waals surface area contributed by atoms with Crippen molar-refractivity contribution in [3.63, 3.8) is 0 Å². The third-order valence-corrected chi connectivity index (χ3v) is 5.08. The molecule has 23 heavy (non-hydrogen) atoms. The van der Waals surface area contributed by atoms with Crippen LogP contribution >= 0.6 is 0 Å². The number of hydrogen-bond acceptors (Lipinski definition) is 2. The summed E-state index contributed by atoms with van der Waals surface area (Å²) in [5.74, 6) is -2.55. The molecule has 2 atom stereocenters. The molecule has 0 bridgehead atoms. The first-order chi connectivity index (χ1) is 10.9. The van der Waals surface area contributed by atoms with Gasteiger partial charge in [-0.1, -0.05) is 12.5 Å². The number of hydrogen-bond donors (Lipinski definition) is 1. The summed E-state index contributed by atoms with van der Waals surface area (Å²) < 4.78 is 39.2. The second-order valence-corrected chi connectivity index (χ2v) is 6.16. The molecule has 1 saturated carbocycles. The zero-order chi connectivity index (χ0) is 16.8. The number of carboxylic acids is 1. The molecule has 0 unspecified atom stereocenters. The highest BCUT2D eigenvalue weighted by atomic mass is 19.3. The van der Waals surface area contributed by atoms with Crippen LogP contribution in [-0.2, 0) is 4.79 Å². The topological polar surface area (TPSA) is 57.6 Å². The average molecular weight is 327 g/mol. The lowest BCUT2D eigenvalue weighted by atomic mass is 9.82. The number of rotatable bonds is 3.